The molecule has 1 aliphatic rings. The van der Waals surface area contributed by atoms with E-state index in [1.807, 2.05) is 13.8 Å². The third-order valence-electron chi connectivity index (χ3n) is 3.25. The number of carbonyl (C=O) groups excluding carboxylic acids is 2. The molecule has 108 valence electrons. The fraction of sp³-hybridized carbons (Fsp3) is 0.429. The predicted octanol–water partition coefficient (Wildman–Crippen LogP) is 1.45. The Morgan fingerprint density at radius 1 is 1.30 bits per heavy atom. The lowest BCUT2D eigenvalue weighted by Crippen LogP contribution is -2.59. The van der Waals surface area contributed by atoms with Crippen LogP contribution in [0.1, 0.15) is 19.4 Å². The van der Waals surface area contributed by atoms with E-state index in [1.54, 1.807) is 0 Å². The van der Waals surface area contributed by atoms with Crippen molar-refractivity contribution in [1.29, 1.82) is 0 Å². The van der Waals surface area contributed by atoms with E-state index in [-0.39, 0.29) is 30.8 Å². The molecule has 1 fully saturated rings. The maximum Gasteiger partial charge on any atom is 0.246 e. The van der Waals surface area contributed by atoms with Crippen LogP contribution in [-0.4, -0.2) is 29.3 Å². The summed E-state index contributed by atoms with van der Waals surface area (Å²) in [6, 6.07) is 2.89. The highest BCUT2D eigenvalue weighted by molar-refractivity contribution is 5.94. The van der Waals surface area contributed by atoms with Gasteiger partial charge in [0.15, 0.2) is 11.6 Å². The Kier molecular flexibility index (Phi) is 4.01. The summed E-state index contributed by atoms with van der Waals surface area (Å²) in [7, 11) is 0. The summed E-state index contributed by atoms with van der Waals surface area (Å²) < 4.78 is 26.0. The first-order valence-corrected chi connectivity index (χ1v) is 6.40. The minimum absolute atomic E-state index is 0.0285. The van der Waals surface area contributed by atoms with Gasteiger partial charge in [0.25, 0.3) is 0 Å². The Morgan fingerprint density at radius 2 is 2.00 bits per heavy atom. The molecular formula is C14H16F2N2O2. The van der Waals surface area contributed by atoms with E-state index in [0.29, 0.717) is 5.56 Å². The second-order valence-corrected chi connectivity index (χ2v) is 5.23. The molecule has 0 bridgehead atoms. The Hall–Kier alpha value is -1.98. The van der Waals surface area contributed by atoms with E-state index < -0.39 is 17.7 Å². The summed E-state index contributed by atoms with van der Waals surface area (Å²) in [4.78, 5) is 25.2. The smallest absolute Gasteiger partial charge is 0.246 e. The van der Waals surface area contributed by atoms with Gasteiger partial charge >= 0.3 is 0 Å². The van der Waals surface area contributed by atoms with Gasteiger partial charge in [0.1, 0.15) is 6.04 Å². The SMILES string of the molecule is CC(C)C1NC(=O)CN(Cc2ccc(F)c(F)c2)C1=O. The quantitative estimate of drug-likeness (QED) is 0.912. The number of halogens is 2. The molecule has 2 rings (SSSR count). The lowest BCUT2D eigenvalue weighted by Gasteiger charge is -2.34. The van der Waals surface area contributed by atoms with Crippen LogP contribution < -0.4 is 5.32 Å². The highest BCUT2D eigenvalue weighted by Crippen LogP contribution is 2.15. The summed E-state index contributed by atoms with van der Waals surface area (Å²) in [5.74, 6) is -2.37. The van der Waals surface area contributed by atoms with Gasteiger partial charge in [-0.25, -0.2) is 8.78 Å². The van der Waals surface area contributed by atoms with Gasteiger partial charge in [0, 0.05) is 6.54 Å². The zero-order valence-electron chi connectivity index (χ0n) is 11.3. The highest BCUT2D eigenvalue weighted by Gasteiger charge is 2.34. The van der Waals surface area contributed by atoms with Gasteiger partial charge in [0.05, 0.1) is 6.54 Å². The first kappa shape index (κ1) is 14.4. The predicted molar refractivity (Wildman–Crippen MR) is 68.5 cm³/mol. The van der Waals surface area contributed by atoms with Crippen LogP contribution in [0.5, 0.6) is 0 Å². The van der Waals surface area contributed by atoms with Crippen LogP contribution in [-0.2, 0) is 16.1 Å². The van der Waals surface area contributed by atoms with Crippen molar-refractivity contribution in [2.75, 3.05) is 6.54 Å². The molecule has 1 aliphatic heterocycles. The molecule has 1 saturated heterocycles. The first-order chi connectivity index (χ1) is 9.38. The van der Waals surface area contributed by atoms with Gasteiger partial charge < -0.3 is 10.2 Å². The Bertz CT molecular complexity index is 546. The van der Waals surface area contributed by atoms with Crippen molar-refractivity contribution in [2.24, 2.45) is 5.92 Å². The number of rotatable bonds is 3. The highest BCUT2D eigenvalue weighted by atomic mass is 19.2. The molecule has 1 unspecified atom stereocenters. The van der Waals surface area contributed by atoms with Crippen molar-refractivity contribution in [3.8, 4) is 0 Å². The van der Waals surface area contributed by atoms with E-state index >= 15 is 0 Å². The van der Waals surface area contributed by atoms with Crippen LogP contribution in [0.15, 0.2) is 18.2 Å². The van der Waals surface area contributed by atoms with E-state index in [0.717, 1.165) is 12.1 Å². The van der Waals surface area contributed by atoms with Crippen molar-refractivity contribution in [3.05, 3.63) is 35.4 Å². The van der Waals surface area contributed by atoms with Gasteiger partial charge in [-0.2, -0.15) is 0 Å². The van der Waals surface area contributed by atoms with Crippen molar-refractivity contribution in [1.82, 2.24) is 10.2 Å². The molecule has 2 amide bonds. The van der Waals surface area contributed by atoms with Crippen molar-refractivity contribution in [2.45, 2.75) is 26.4 Å². The molecule has 20 heavy (non-hydrogen) atoms. The summed E-state index contributed by atoms with van der Waals surface area (Å²) in [6.07, 6.45) is 0. The Balaban J connectivity index is 2.16. The van der Waals surface area contributed by atoms with E-state index in [9.17, 15) is 18.4 Å². The second-order valence-electron chi connectivity index (χ2n) is 5.23. The number of hydrogen-bond donors (Lipinski definition) is 1. The molecular weight excluding hydrogens is 266 g/mol. The Labute approximate surface area is 115 Å². The van der Waals surface area contributed by atoms with Gasteiger partial charge in [-0.1, -0.05) is 19.9 Å². The van der Waals surface area contributed by atoms with E-state index in [4.69, 9.17) is 0 Å². The van der Waals surface area contributed by atoms with Gasteiger partial charge in [0.2, 0.25) is 11.8 Å². The van der Waals surface area contributed by atoms with Crippen LogP contribution in [0, 0.1) is 17.6 Å². The lowest BCUT2D eigenvalue weighted by molar-refractivity contribution is -0.146. The number of piperazine rings is 1. The van der Waals surface area contributed by atoms with Gasteiger partial charge in [-0.05, 0) is 23.6 Å². The fourth-order valence-corrected chi connectivity index (χ4v) is 2.17. The average molecular weight is 282 g/mol. The summed E-state index contributed by atoms with van der Waals surface area (Å²) in [5.41, 5.74) is 0.453. The first-order valence-electron chi connectivity index (χ1n) is 6.40. The molecule has 0 saturated carbocycles. The molecule has 1 atom stereocenters. The zero-order valence-corrected chi connectivity index (χ0v) is 11.3. The second kappa shape index (κ2) is 5.56. The third-order valence-corrected chi connectivity index (χ3v) is 3.25. The zero-order chi connectivity index (χ0) is 14.9. The molecule has 0 aliphatic carbocycles. The van der Waals surface area contributed by atoms with Gasteiger partial charge in [-0.15, -0.1) is 0 Å². The monoisotopic (exact) mass is 282 g/mol. The molecule has 1 aromatic carbocycles. The molecule has 0 aromatic heterocycles. The normalized spacial score (nSPS) is 19.4. The Morgan fingerprint density at radius 3 is 2.60 bits per heavy atom. The average Bonchev–Trinajstić information content (AvgIpc) is 2.37. The van der Waals surface area contributed by atoms with E-state index in [2.05, 4.69) is 5.32 Å². The van der Waals surface area contributed by atoms with Crippen LogP contribution in [0.2, 0.25) is 0 Å². The maximum atomic E-state index is 13.2. The standard InChI is InChI=1S/C14H16F2N2O2/c1-8(2)13-14(20)18(7-12(19)17-13)6-9-3-4-10(15)11(16)5-9/h3-5,8,13H,6-7H2,1-2H3,(H,17,19). The summed E-state index contributed by atoms with van der Waals surface area (Å²) in [6.45, 7) is 3.70. The molecule has 1 N–H and O–H groups in total. The van der Waals surface area contributed by atoms with Gasteiger partial charge in [-0.3, -0.25) is 9.59 Å². The van der Waals surface area contributed by atoms with Crippen LogP contribution in [0.3, 0.4) is 0 Å². The molecule has 6 heteroatoms. The molecule has 4 nitrogen and oxygen atoms in total. The van der Waals surface area contributed by atoms with Crippen molar-refractivity contribution < 1.29 is 18.4 Å². The minimum Gasteiger partial charge on any atom is -0.343 e. The molecule has 0 spiro atoms. The minimum atomic E-state index is -0.961. The van der Waals surface area contributed by atoms with Crippen LogP contribution >= 0.6 is 0 Å². The van der Waals surface area contributed by atoms with Crippen molar-refractivity contribution in [3.63, 3.8) is 0 Å². The van der Waals surface area contributed by atoms with Crippen molar-refractivity contribution >= 4 is 11.8 Å². The van der Waals surface area contributed by atoms with Crippen LogP contribution in [0.4, 0.5) is 8.78 Å². The largest absolute Gasteiger partial charge is 0.343 e. The number of hydrogen-bond acceptors (Lipinski definition) is 2. The molecule has 1 aromatic rings. The lowest BCUT2D eigenvalue weighted by atomic mass is 10.0. The number of nitrogens with one attached hydrogen (secondary N) is 1. The number of carbonyl (C=O) groups is 2. The third kappa shape index (κ3) is 2.95. The summed E-state index contributed by atoms with van der Waals surface area (Å²) in [5, 5.41) is 2.64. The molecule has 0 radical (unpaired) electrons. The maximum absolute atomic E-state index is 13.2. The molecule has 1 heterocycles. The number of nitrogens with zero attached hydrogens (tertiary/aromatic N) is 1. The topological polar surface area (TPSA) is 49.4 Å². The number of benzene rings is 1. The number of amides is 2. The van der Waals surface area contributed by atoms with Crippen LogP contribution in [0.25, 0.3) is 0 Å². The van der Waals surface area contributed by atoms with E-state index in [1.165, 1.54) is 11.0 Å². The fourth-order valence-electron chi connectivity index (χ4n) is 2.17. The summed E-state index contributed by atoms with van der Waals surface area (Å²) >= 11 is 0.